The van der Waals surface area contributed by atoms with Gasteiger partial charge in [-0.1, -0.05) is 19.1 Å². The highest BCUT2D eigenvalue weighted by Crippen LogP contribution is 2.35. The van der Waals surface area contributed by atoms with Crippen molar-refractivity contribution in [3.05, 3.63) is 35.4 Å². The second kappa shape index (κ2) is 7.73. The van der Waals surface area contributed by atoms with Gasteiger partial charge in [-0.25, -0.2) is 0 Å². The average molecular weight is 276 g/mol. The van der Waals surface area contributed by atoms with Gasteiger partial charge in [-0.2, -0.15) is 0 Å². The van der Waals surface area contributed by atoms with Gasteiger partial charge in [-0.3, -0.25) is 4.79 Å². The Balaban J connectivity index is 3.22. The lowest BCUT2D eigenvalue weighted by atomic mass is 9.98. The monoisotopic (exact) mass is 276 g/mol. The molecule has 0 aromatic heterocycles. The first kappa shape index (κ1) is 16.3. The molecule has 0 amide bonds. The van der Waals surface area contributed by atoms with Gasteiger partial charge >= 0.3 is 0 Å². The normalized spacial score (nSPS) is 11.1. The first-order valence-electron chi connectivity index (χ1n) is 7.04. The number of methoxy groups -OCH3 is 1. The van der Waals surface area contributed by atoms with E-state index in [9.17, 15) is 4.79 Å². The highest BCUT2D eigenvalue weighted by atomic mass is 16.5. The number of carbonyl (C=O) groups excluding carboxylic acids is 1. The van der Waals surface area contributed by atoms with Gasteiger partial charge < -0.3 is 9.47 Å². The number of rotatable bonds is 7. The Labute approximate surface area is 121 Å². The molecule has 0 atom stereocenters. The molecular formula is C17H24O3. The van der Waals surface area contributed by atoms with Crippen molar-refractivity contribution in [3.63, 3.8) is 0 Å². The van der Waals surface area contributed by atoms with E-state index < -0.39 is 0 Å². The van der Waals surface area contributed by atoms with Crippen LogP contribution in [0.3, 0.4) is 0 Å². The summed E-state index contributed by atoms with van der Waals surface area (Å²) in [6, 6.07) is 3.82. The minimum atomic E-state index is 0.0655. The summed E-state index contributed by atoms with van der Waals surface area (Å²) >= 11 is 0. The zero-order valence-electron chi connectivity index (χ0n) is 13.0. The van der Waals surface area contributed by atoms with Gasteiger partial charge in [0.1, 0.15) is 0 Å². The number of hydrogen-bond donors (Lipinski definition) is 0. The predicted octanol–water partition coefficient (Wildman–Crippen LogP) is 3.73. The van der Waals surface area contributed by atoms with E-state index in [0.717, 1.165) is 29.0 Å². The third kappa shape index (κ3) is 4.12. The van der Waals surface area contributed by atoms with Crippen molar-refractivity contribution in [2.24, 2.45) is 0 Å². The summed E-state index contributed by atoms with van der Waals surface area (Å²) in [6.45, 7) is 7.87. The number of allylic oxidation sites excluding steroid dienone is 2. The molecule has 0 fully saturated rings. The third-order valence-corrected chi connectivity index (χ3v) is 2.97. The van der Waals surface area contributed by atoms with Crippen molar-refractivity contribution >= 4 is 5.78 Å². The zero-order chi connectivity index (χ0) is 15.1. The lowest BCUT2D eigenvalue weighted by molar-refractivity contribution is -0.114. The smallest absolute Gasteiger partial charge is 0.164 e. The summed E-state index contributed by atoms with van der Waals surface area (Å²) in [7, 11) is 1.63. The fourth-order valence-electron chi connectivity index (χ4n) is 2.16. The van der Waals surface area contributed by atoms with Gasteiger partial charge in [-0.05, 0) is 44.9 Å². The van der Waals surface area contributed by atoms with Crippen molar-refractivity contribution < 1.29 is 14.3 Å². The van der Waals surface area contributed by atoms with Gasteiger partial charge in [-0.15, -0.1) is 0 Å². The molecule has 1 rings (SSSR count). The standard InChI is InChI=1S/C17H24O3/c1-6-8-14(18)11-13-9-10-16(19-5)17(15(13)7-2)20-12(3)4/h6,8-10,12H,7,11H2,1-5H3/b8-6-. The number of ketones is 1. The van der Waals surface area contributed by atoms with E-state index in [1.165, 1.54) is 0 Å². The molecule has 0 spiro atoms. The van der Waals surface area contributed by atoms with E-state index in [-0.39, 0.29) is 11.9 Å². The van der Waals surface area contributed by atoms with Crippen LogP contribution < -0.4 is 9.47 Å². The van der Waals surface area contributed by atoms with Gasteiger partial charge in [0, 0.05) is 12.0 Å². The van der Waals surface area contributed by atoms with E-state index in [4.69, 9.17) is 9.47 Å². The summed E-state index contributed by atoms with van der Waals surface area (Å²) in [5.41, 5.74) is 2.06. The Kier molecular flexibility index (Phi) is 6.29. The molecule has 0 unspecified atom stereocenters. The van der Waals surface area contributed by atoms with Crippen LogP contribution in [0.2, 0.25) is 0 Å². The summed E-state index contributed by atoms with van der Waals surface area (Å²) in [5, 5.41) is 0. The third-order valence-electron chi connectivity index (χ3n) is 2.97. The van der Waals surface area contributed by atoms with Gasteiger partial charge in [0.05, 0.1) is 13.2 Å². The maximum atomic E-state index is 11.8. The number of hydrogen-bond acceptors (Lipinski definition) is 3. The molecule has 0 aliphatic heterocycles. The molecule has 3 heteroatoms. The highest BCUT2D eigenvalue weighted by molar-refractivity contribution is 5.91. The Morgan fingerprint density at radius 1 is 1.35 bits per heavy atom. The van der Waals surface area contributed by atoms with Crippen LogP contribution in [0.25, 0.3) is 0 Å². The van der Waals surface area contributed by atoms with Crippen molar-refractivity contribution in [1.82, 2.24) is 0 Å². The van der Waals surface area contributed by atoms with Crippen LogP contribution in [0.4, 0.5) is 0 Å². The maximum absolute atomic E-state index is 11.8. The molecule has 0 bridgehead atoms. The first-order valence-corrected chi connectivity index (χ1v) is 7.04. The molecule has 0 saturated carbocycles. The van der Waals surface area contributed by atoms with Crippen LogP contribution in [0, 0.1) is 0 Å². The molecule has 1 aromatic carbocycles. The minimum Gasteiger partial charge on any atom is -0.493 e. The molecule has 20 heavy (non-hydrogen) atoms. The van der Waals surface area contributed by atoms with Crippen LogP contribution in [-0.4, -0.2) is 19.0 Å². The van der Waals surface area contributed by atoms with E-state index >= 15 is 0 Å². The molecule has 3 nitrogen and oxygen atoms in total. The lowest BCUT2D eigenvalue weighted by Gasteiger charge is -2.19. The fourth-order valence-corrected chi connectivity index (χ4v) is 2.16. The first-order chi connectivity index (χ1) is 9.53. The van der Waals surface area contributed by atoms with Crippen LogP contribution in [0.5, 0.6) is 11.5 Å². The molecule has 0 radical (unpaired) electrons. The molecule has 1 aromatic rings. The Morgan fingerprint density at radius 3 is 2.55 bits per heavy atom. The lowest BCUT2D eigenvalue weighted by Crippen LogP contribution is -2.11. The molecular weight excluding hydrogens is 252 g/mol. The zero-order valence-corrected chi connectivity index (χ0v) is 13.0. The largest absolute Gasteiger partial charge is 0.493 e. The Hall–Kier alpha value is -1.77. The second-order valence-corrected chi connectivity index (χ2v) is 4.90. The number of benzene rings is 1. The van der Waals surface area contributed by atoms with E-state index in [1.807, 2.05) is 32.9 Å². The SMILES string of the molecule is C/C=C\C(=O)Cc1ccc(OC)c(OC(C)C)c1CC. The maximum Gasteiger partial charge on any atom is 0.164 e. The average Bonchev–Trinajstić information content (AvgIpc) is 2.39. The van der Waals surface area contributed by atoms with Crippen LogP contribution >= 0.6 is 0 Å². The van der Waals surface area contributed by atoms with E-state index in [1.54, 1.807) is 19.3 Å². The molecule has 110 valence electrons. The summed E-state index contributed by atoms with van der Waals surface area (Å²) in [4.78, 5) is 11.8. The van der Waals surface area contributed by atoms with Gasteiger partial charge in [0.2, 0.25) is 0 Å². The van der Waals surface area contributed by atoms with Crippen molar-refractivity contribution in [1.29, 1.82) is 0 Å². The van der Waals surface area contributed by atoms with Crippen LogP contribution in [0.1, 0.15) is 38.8 Å². The van der Waals surface area contributed by atoms with Gasteiger partial charge in [0.15, 0.2) is 17.3 Å². The van der Waals surface area contributed by atoms with Crippen LogP contribution in [0.15, 0.2) is 24.3 Å². The van der Waals surface area contributed by atoms with Crippen molar-refractivity contribution in [2.75, 3.05) is 7.11 Å². The minimum absolute atomic E-state index is 0.0655. The molecule has 0 heterocycles. The molecule has 0 aliphatic rings. The summed E-state index contributed by atoms with van der Waals surface area (Å²) in [5.74, 6) is 1.58. The highest BCUT2D eigenvalue weighted by Gasteiger charge is 2.16. The molecule has 0 saturated heterocycles. The number of ether oxygens (including phenoxy) is 2. The fraction of sp³-hybridized carbons (Fsp3) is 0.471. The van der Waals surface area contributed by atoms with Crippen molar-refractivity contribution in [2.45, 2.75) is 46.6 Å². The Bertz CT molecular complexity index is 487. The molecule has 0 aliphatic carbocycles. The molecule has 0 N–H and O–H groups in total. The van der Waals surface area contributed by atoms with Crippen molar-refractivity contribution in [3.8, 4) is 11.5 Å². The van der Waals surface area contributed by atoms with E-state index in [0.29, 0.717) is 6.42 Å². The Morgan fingerprint density at radius 2 is 2.05 bits per heavy atom. The van der Waals surface area contributed by atoms with E-state index in [2.05, 4.69) is 6.92 Å². The summed E-state index contributed by atoms with van der Waals surface area (Å²) < 4.78 is 11.3. The van der Waals surface area contributed by atoms with Crippen LogP contribution in [-0.2, 0) is 17.6 Å². The predicted molar refractivity (Wildman–Crippen MR) is 81.7 cm³/mol. The van der Waals surface area contributed by atoms with Gasteiger partial charge in [0.25, 0.3) is 0 Å². The topological polar surface area (TPSA) is 35.5 Å². The quantitative estimate of drug-likeness (QED) is 0.712. The second-order valence-electron chi connectivity index (χ2n) is 4.90. The number of carbonyl (C=O) groups is 1. The summed E-state index contributed by atoms with van der Waals surface area (Å²) in [6.07, 6.45) is 4.63.